The zero-order chi connectivity index (χ0) is 19.4. The second kappa shape index (κ2) is 8.37. The zero-order valence-electron chi connectivity index (χ0n) is 15.4. The van der Waals surface area contributed by atoms with E-state index in [1.165, 1.54) is 45.9 Å². The van der Waals surface area contributed by atoms with Crippen LogP contribution in [0.25, 0.3) is 0 Å². The van der Waals surface area contributed by atoms with E-state index >= 15 is 0 Å². The Balaban J connectivity index is 1.96. The third kappa shape index (κ3) is 4.15. The van der Waals surface area contributed by atoms with Crippen LogP contribution in [0.4, 0.5) is 5.13 Å². The molecule has 0 radical (unpaired) electrons. The maximum absolute atomic E-state index is 13.1. The Kier molecular flexibility index (Phi) is 6.13. The molecule has 3 rings (SSSR count). The van der Waals surface area contributed by atoms with E-state index in [2.05, 4.69) is 4.98 Å². The summed E-state index contributed by atoms with van der Waals surface area (Å²) < 4.78 is 32.9. The Morgan fingerprint density at radius 3 is 2.52 bits per heavy atom. The van der Waals surface area contributed by atoms with Gasteiger partial charge >= 0.3 is 0 Å². The molecule has 7 nitrogen and oxygen atoms in total. The largest absolute Gasteiger partial charge is 0.496 e. The monoisotopic (exact) mass is 409 g/mol. The number of carbonyl (C=O) groups is 1. The molecule has 146 valence electrons. The number of sulfonamides is 1. The summed E-state index contributed by atoms with van der Waals surface area (Å²) in [6, 6.07) is 4.44. The number of hydrogen-bond donors (Lipinski definition) is 0. The van der Waals surface area contributed by atoms with E-state index in [4.69, 9.17) is 4.74 Å². The number of amides is 1. The fourth-order valence-electron chi connectivity index (χ4n) is 3.09. The van der Waals surface area contributed by atoms with Gasteiger partial charge in [-0.2, -0.15) is 4.31 Å². The van der Waals surface area contributed by atoms with Crippen LogP contribution in [-0.4, -0.2) is 50.9 Å². The van der Waals surface area contributed by atoms with E-state index in [0.29, 0.717) is 24.0 Å². The smallest absolute Gasteiger partial charge is 0.263 e. The van der Waals surface area contributed by atoms with Gasteiger partial charge in [0.1, 0.15) is 5.75 Å². The highest BCUT2D eigenvalue weighted by molar-refractivity contribution is 7.89. The van der Waals surface area contributed by atoms with Gasteiger partial charge in [0, 0.05) is 31.7 Å². The molecule has 1 fully saturated rings. The molecule has 0 spiro atoms. The van der Waals surface area contributed by atoms with Crippen LogP contribution in [0.15, 0.2) is 34.7 Å². The maximum atomic E-state index is 13.1. The number of thiazole rings is 1. The van der Waals surface area contributed by atoms with Gasteiger partial charge in [0.15, 0.2) is 5.13 Å². The van der Waals surface area contributed by atoms with Crippen molar-refractivity contribution in [3.8, 4) is 5.75 Å². The molecule has 0 saturated carbocycles. The molecule has 1 amide bonds. The van der Waals surface area contributed by atoms with Gasteiger partial charge in [-0.1, -0.05) is 12.8 Å². The Morgan fingerprint density at radius 1 is 1.22 bits per heavy atom. The predicted molar refractivity (Wildman–Crippen MR) is 105 cm³/mol. The first-order valence-corrected chi connectivity index (χ1v) is 11.1. The van der Waals surface area contributed by atoms with Gasteiger partial charge in [-0.25, -0.2) is 13.4 Å². The number of methoxy groups -OCH3 is 1. The first-order chi connectivity index (χ1) is 12.9. The second-order valence-corrected chi connectivity index (χ2v) is 9.17. The number of ether oxygens (including phenoxy) is 1. The maximum Gasteiger partial charge on any atom is 0.263 e. The Bertz CT molecular complexity index is 889. The minimum absolute atomic E-state index is 0.112. The molecule has 27 heavy (non-hydrogen) atoms. The molecular formula is C18H23N3O4S2. The van der Waals surface area contributed by atoms with Crippen LogP contribution in [0.5, 0.6) is 5.75 Å². The quantitative estimate of drug-likeness (QED) is 0.758. The molecule has 2 aromatic rings. The minimum Gasteiger partial charge on any atom is -0.496 e. The molecule has 0 N–H and O–H groups in total. The minimum atomic E-state index is -3.65. The summed E-state index contributed by atoms with van der Waals surface area (Å²) in [4.78, 5) is 18.6. The lowest BCUT2D eigenvalue weighted by molar-refractivity contribution is 0.0990. The summed E-state index contributed by atoms with van der Waals surface area (Å²) >= 11 is 1.33. The van der Waals surface area contributed by atoms with Gasteiger partial charge in [0.2, 0.25) is 10.0 Å². The van der Waals surface area contributed by atoms with Crippen molar-refractivity contribution in [1.29, 1.82) is 0 Å². The van der Waals surface area contributed by atoms with E-state index in [9.17, 15) is 13.2 Å². The van der Waals surface area contributed by atoms with Crippen molar-refractivity contribution in [1.82, 2.24) is 9.29 Å². The van der Waals surface area contributed by atoms with Gasteiger partial charge in [0.25, 0.3) is 5.91 Å². The Morgan fingerprint density at radius 2 is 1.93 bits per heavy atom. The lowest BCUT2D eigenvalue weighted by atomic mass is 10.2. The molecule has 1 aliphatic rings. The molecule has 0 aliphatic carbocycles. The van der Waals surface area contributed by atoms with Crippen molar-refractivity contribution >= 4 is 32.4 Å². The van der Waals surface area contributed by atoms with Gasteiger partial charge in [-0.3, -0.25) is 9.69 Å². The van der Waals surface area contributed by atoms with Crippen molar-refractivity contribution in [3.63, 3.8) is 0 Å². The lowest BCUT2D eigenvalue weighted by Gasteiger charge is -2.21. The van der Waals surface area contributed by atoms with Crippen molar-refractivity contribution < 1.29 is 17.9 Å². The second-order valence-electron chi connectivity index (χ2n) is 6.36. The van der Waals surface area contributed by atoms with Gasteiger partial charge in [-0.05, 0) is 31.0 Å². The Labute approximate surface area is 163 Å². The molecule has 1 aliphatic heterocycles. The average Bonchev–Trinajstić information content (AvgIpc) is 3.07. The van der Waals surface area contributed by atoms with Crippen LogP contribution in [0.1, 0.15) is 36.0 Å². The molecule has 0 unspecified atom stereocenters. The summed E-state index contributed by atoms with van der Waals surface area (Å²) in [5, 5.41) is 2.30. The number of benzene rings is 1. The van der Waals surface area contributed by atoms with Crippen LogP contribution >= 0.6 is 11.3 Å². The summed E-state index contributed by atoms with van der Waals surface area (Å²) in [6.07, 6.45) is 5.40. The van der Waals surface area contributed by atoms with Gasteiger partial charge in [-0.15, -0.1) is 11.3 Å². The van der Waals surface area contributed by atoms with Crippen molar-refractivity contribution in [2.45, 2.75) is 30.6 Å². The third-order valence-electron chi connectivity index (χ3n) is 4.62. The standard InChI is InChI=1S/C18H23N3O4S2/c1-20(18-19-9-12-26-18)17(22)15-13-14(7-8-16(15)25-2)27(23,24)21-10-5-3-4-6-11-21/h7-9,12-13H,3-6,10-11H2,1-2H3. The van der Waals surface area contributed by atoms with E-state index in [0.717, 1.165) is 25.7 Å². The van der Waals surface area contributed by atoms with Crippen molar-refractivity contribution in [2.24, 2.45) is 0 Å². The predicted octanol–water partition coefficient (Wildman–Crippen LogP) is 2.99. The van der Waals surface area contributed by atoms with Crippen LogP contribution in [-0.2, 0) is 10.0 Å². The van der Waals surface area contributed by atoms with Gasteiger partial charge in [0.05, 0.1) is 17.6 Å². The van der Waals surface area contributed by atoms with Crippen molar-refractivity contribution in [2.75, 3.05) is 32.1 Å². The average molecular weight is 410 g/mol. The number of aromatic nitrogens is 1. The third-order valence-corrected chi connectivity index (χ3v) is 7.36. The van der Waals surface area contributed by atoms with E-state index in [-0.39, 0.29) is 16.4 Å². The van der Waals surface area contributed by atoms with E-state index in [1.54, 1.807) is 18.6 Å². The molecule has 0 atom stereocenters. The van der Waals surface area contributed by atoms with Gasteiger partial charge < -0.3 is 4.74 Å². The highest BCUT2D eigenvalue weighted by Gasteiger charge is 2.28. The Hall–Kier alpha value is -1.97. The fraction of sp³-hybridized carbons (Fsp3) is 0.444. The highest BCUT2D eigenvalue weighted by atomic mass is 32.2. The summed E-state index contributed by atoms with van der Waals surface area (Å²) in [7, 11) is -0.587. The molecule has 0 bridgehead atoms. The first kappa shape index (κ1) is 19.8. The number of nitrogens with zero attached hydrogens (tertiary/aromatic N) is 3. The fourth-order valence-corrected chi connectivity index (χ4v) is 5.24. The van der Waals surface area contributed by atoms with Crippen LogP contribution in [0.2, 0.25) is 0 Å². The summed E-state index contributed by atoms with van der Waals surface area (Å²) in [5.41, 5.74) is 0.200. The molecular weight excluding hydrogens is 386 g/mol. The summed E-state index contributed by atoms with van der Waals surface area (Å²) in [6.45, 7) is 1.02. The topological polar surface area (TPSA) is 79.8 Å². The molecule has 1 saturated heterocycles. The normalized spacial score (nSPS) is 15.9. The van der Waals surface area contributed by atoms with E-state index < -0.39 is 10.0 Å². The highest BCUT2D eigenvalue weighted by Crippen LogP contribution is 2.28. The number of carbonyl (C=O) groups excluding carboxylic acids is 1. The zero-order valence-corrected chi connectivity index (χ0v) is 17.1. The van der Waals surface area contributed by atoms with Crippen LogP contribution in [0.3, 0.4) is 0 Å². The molecule has 1 aromatic heterocycles. The molecule has 9 heteroatoms. The number of hydrogen-bond acceptors (Lipinski definition) is 6. The van der Waals surface area contributed by atoms with Crippen molar-refractivity contribution in [3.05, 3.63) is 35.3 Å². The lowest BCUT2D eigenvalue weighted by Crippen LogP contribution is -2.32. The van der Waals surface area contributed by atoms with E-state index in [1.807, 2.05) is 0 Å². The molecule has 1 aromatic carbocycles. The molecule has 2 heterocycles. The SMILES string of the molecule is COc1ccc(S(=O)(=O)N2CCCCCC2)cc1C(=O)N(C)c1nccs1. The number of anilines is 1. The first-order valence-electron chi connectivity index (χ1n) is 8.81. The number of rotatable bonds is 5. The van der Waals surface area contributed by atoms with Crippen LogP contribution < -0.4 is 9.64 Å². The summed E-state index contributed by atoms with van der Waals surface area (Å²) in [5.74, 6) is -0.0343. The van der Waals surface area contributed by atoms with Crippen LogP contribution in [0, 0.1) is 0 Å².